The zero-order valence-electron chi connectivity index (χ0n) is 11.1. The quantitative estimate of drug-likeness (QED) is 0.603. The van der Waals surface area contributed by atoms with E-state index in [4.69, 9.17) is 10.5 Å². The second-order valence-electron chi connectivity index (χ2n) is 3.99. The molecule has 0 radical (unpaired) electrons. The van der Waals surface area contributed by atoms with Crippen molar-refractivity contribution in [3.05, 3.63) is 41.5 Å². The van der Waals surface area contributed by atoms with Gasteiger partial charge in [-0.25, -0.2) is 0 Å². The average molecular weight is 261 g/mol. The Morgan fingerprint density at radius 3 is 2.47 bits per heavy atom. The van der Waals surface area contributed by atoms with Crippen molar-refractivity contribution in [3.8, 4) is 0 Å². The van der Waals surface area contributed by atoms with E-state index >= 15 is 0 Å². The van der Waals surface area contributed by atoms with Gasteiger partial charge in [0.1, 0.15) is 0 Å². The maximum Gasteiger partial charge on any atom is 0.306 e. The first-order valence-corrected chi connectivity index (χ1v) is 6.33. The van der Waals surface area contributed by atoms with Gasteiger partial charge < -0.3 is 10.5 Å². The minimum atomic E-state index is -0.335. The summed E-state index contributed by atoms with van der Waals surface area (Å²) in [6.07, 6.45) is 4.04. The second-order valence-corrected chi connectivity index (χ2v) is 3.99. The van der Waals surface area contributed by atoms with E-state index in [9.17, 15) is 9.59 Å². The SMILES string of the molecule is CCOC(=O)CCC(=O)c1ccc(C=CCN)cc1. The molecule has 2 N–H and O–H groups in total. The highest BCUT2D eigenvalue weighted by molar-refractivity contribution is 5.97. The minimum absolute atomic E-state index is 0.0533. The third-order valence-electron chi connectivity index (χ3n) is 2.54. The number of carbonyl (C=O) groups is 2. The van der Waals surface area contributed by atoms with Crippen molar-refractivity contribution in [2.45, 2.75) is 19.8 Å². The summed E-state index contributed by atoms with van der Waals surface area (Å²) < 4.78 is 4.78. The van der Waals surface area contributed by atoms with E-state index in [0.717, 1.165) is 5.56 Å². The van der Waals surface area contributed by atoms with Crippen molar-refractivity contribution in [2.24, 2.45) is 5.73 Å². The van der Waals surface area contributed by atoms with Crippen LogP contribution in [0.15, 0.2) is 30.3 Å². The highest BCUT2D eigenvalue weighted by Gasteiger charge is 2.09. The molecule has 0 atom stereocenters. The van der Waals surface area contributed by atoms with Crippen LogP contribution in [0.5, 0.6) is 0 Å². The molecule has 4 nitrogen and oxygen atoms in total. The summed E-state index contributed by atoms with van der Waals surface area (Å²) >= 11 is 0. The van der Waals surface area contributed by atoms with Crippen molar-refractivity contribution >= 4 is 17.8 Å². The molecule has 0 saturated carbocycles. The van der Waals surface area contributed by atoms with E-state index in [1.807, 2.05) is 24.3 Å². The molecule has 0 amide bonds. The first-order chi connectivity index (χ1) is 9.17. The van der Waals surface area contributed by atoms with Gasteiger partial charge in [-0.15, -0.1) is 0 Å². The fourth-order valence-electron chi connectivity index (χ4n) is 1.58. The van der Waals surface area contributed by atoms with Crippen molar-refractivity contribution in [1.29, 1.82) is 0 Å². The number of Topliss-reactive ketones (excluding diaryl/α,β-unsaturated/α-hetero) is 1. The summed E-state index contributed by atoms with van der Waals surface area (Å²) in [6.45, 7) is 2.57. The normalized spacial score (nSPS) is 10.6. The Morgan fingerprint density at radius 1 is 1.21 bits per heavy atom. The molecule has 0 unspecified atom stereocenters. The van der Waals surface area contributed by atoms with Gasteiger partial charge in [0, 0.05) is 18.5 Å². The molecule has 0 heterocycles. The smallest absolute Gasteiger partial charge is 0.306 e. The first kappa shape index (κ1) is 15.1. The number of benzene rings is 1. The van der Waals surface area contributed by atoms with Crippen LogP contribution in [0.4, 0.5) is 0 Å². The fourth-order valence-corrected chi connectivity index (χ4v) is 1.58. The monoisotopic (exact) mass is 261 g/mol. The minimum Gasteiger partial charge on any atom is -0.466 e. The fraction of sp³-hybridized carbons (Fsp3) is 0.333. The molecule has 102 valence electrons. The predicted octanol–water partition coefficient (Wildman–Crippen LogP) is 2.18. The van der Waals surface area contributed by atoms with Crippen LogP contribution in [-0.2, 0) is 9.53 Å². The van der Waals surface area contributed by atoms with Crippen LogP contribution < -0.4 is 5.73 Å². The second kappa shape index (κ2) is 8.21. The summed E-state index contributed by atoms with van der Waals surface area (Å²) in [5, 5.41) is 0. The summed E-state index contributed by atoms with van der Waals surface area (Å²) in [4.78, 5) is 23.0. The van der Waals surface area contributed by atoms with Crippen LogP contribution in [-0.4, -0.2) is 24.9 Å². The van der Waals surface area contributed by atoms with Crippen molar-refractivity contribution in [2.75, 3.05) is 13.2 Å². The molecule has 0 aliphatic carbocycles. The summed E-state index contributed by atoms with van der Waals surface area (Å²) in [5.74, 6) is -0.388. The van der Waals surface area contributed by atoms with E-state index < -0.39 is 0 Å². The van der Waals surface area contributed by atoms with E-state index in [1.54, 1.807) is 19.1 Å². The maximum atomic E-state index is 11.8. The largest absolute Gasteiger partial charge is 0.466 e. The Labute approximate surface area is 113 Å². The van der Waals surface area contributed by atoms with Gasteiger partial charge in [0.25, 0.3) is 0 Å². The molecule has 4 heteroatoms. The number of hydrogen-bond donors (Lipinski definition) is 1. The van der Waals surface area contributed by atoms with E-state index in [0.29, 0.717) is 18.7 Å². The average Bonchev–Trinajstić information content (AvgIpc) is 2.43. The number of esters is 1. The topological polar surface area (TPSA) is 69.4 Å². The molecule has 0 aromatic heterocycles. The molecule has 0 aliphatic rings. The van der Waals surface area contributed by atoms with Gasteiger partial charge in [-0.3, -0.25) is 9.59 Å². The predicted molar refractivity (Wildman–Crippen MR) is 74.7 cm³/mol. The van der Waals surface area contributed by atoms with Crippen LogP contribution in [0.25, 0.3) is 6.08 Å². The molecule has 1 aromatic rings. The number of hydrogen-bond acceptors (Lipinski definition) is 4. The lowest BCUT2D eigenvalue weighted by atomic mass is 10.0. The first-order valence-electron chi connectivity index (χ1n) is 6.33. The lowest BCUT2D eigenvalue weighted by molar-refractivity contribution is -0.143. The molecule has 0 bridgehead atoms. The van der Waals surface area contributed by atoms with Gasteiger partial charge in [-0.1, -0.05) is 36.4 Å². The maximum absolute atomic E-state index is 11.8. The lowest BCUT2D eigenvalue weighted by Gasteiger charge is -2.02. The standard InChI is InChI=1S/C15H19NO3/c1-2-19-15(18)10-9-14(17)13-7-5-12(6-8-13)4-3-11-16/h3-8H,2,9-11,16H2,1H3. The number of rotatable bonds is 7. The summed E-state index contributed by atoms with van der Waals surface area (Å²) in [7, 11) is 0. The van der Waals surface area contributed by atoms with Crippen molar-refractivity contribution in [3.63, 3.8) is 0 Å². The van der Waals surface area contributed by atoms with Gasteiger partial charge in [0.15, 0.2) is 5.78 Å². The Hall–Kier alpha value is -1.94. The molecule has 0 spiro atoms. The Kier molecular flexibility index (Phi) is 6.53. The van der Waals surface area contributed by atoms with Gasteiger partial charge in [0.05, 0.1) is 13.0 Å². The van der Waals surface area contributed by atoms with E-state index in [1.165, 1.54) is 0 Å². The molecule has 0 fully saturated rings. The van der Waals surface area contributed by atoms with Crippen molar-refractivity contribution < 1.29 is 14.3 Å². The van der Waals surface area contributed by atoms with Crippen LogP contribution in [0.2, 0.25) is 0 Å². The third-order valence-corrected chi connectivity index (χ3v) is 2.54. The molecule has 0 saturated heterocycles. The number of ketones is 1. The third kappa shape index (κ3) is 5.48. The highest BCUT2D eigenvalue weighted by Crippen LogP contribution is 2.09. The summed E-state index contributed by atoms with van der Waals surface area (Å²) in [6, 6.07) is 7.21. The molecule has 0 aliphatic heterocycles. The molecular weight excluding hydrogens is 242 g/mol. The Morgan fingerprint density at radius 2 is 1.89 bits per heavy atom. The van der Waals surface area contributed by atoms with Crippen LogP contribution in [0.1, 0.15) is 35.7 Å². The van der Waals surface area contributed by atoms with Crippen LogP contribution >= 0.6 is 0 Å². The van der Waals surface area contributed by atoms with Crippen LogP contribution in [0, 0.1) is 0 Å². The summed E-state index contributed by atoms with van der Waals surface area (Å²) in [5.41, 5.74) is 6.96. The van der Waals surface area contributed by atoms with Gasteiger partial charge >= 0.3 is 5.97 Å². The molecular formula is C15H19NO3. The molecule has 19 heavy (non-hydrogen) atoms. The number of carbonyl (C=O) groups excluding carboxylic acids is 2. The van der Waals surface area contributed by atoms with Crippen molar-refractivity contribution in [1.82, 2.24) is 0 Å². The van der Waals surface area contributed by atoms with Gasteiger partial charge in [-0.05, 0) is 12.5 Å². The number of ether oxygens (including phenoxy) is 1. The lowest BCUT2D eigenvalue weighted by Crippen LogP contribution is -2.07. The van der Waals surface area contributed by atoms with Gasteiger partial charge in [-0.2, -0.15) is 0 Å². The van der Waals surface area contributed by atoms with E-state index in [2.05, 4.69) is 0 Å². The zero-order chi connectivity index (χ0) is 14.1. The molecule has 1 aromatic carbocycles. The Balaban J connectivity index is 2.53. The van der Waals surface area contributed by atoms with Crippen LogP contribution in [0.3, 0.4) is 0 Å². The van der Waals surface area contributed by atoms with Gasteiger partial charge in [0.2, 0.25) is 0 Å². The highest BCUT2D eigenvalue weighted by atomic mass is 16.5. The molecule has 1 rings (SSSR count). The number of nitrogens with two attached hydrogens (primary N) is 1. The Bertz CT molecular complexity index is 449. The zero-order valence-corrected chi connectivity index (χ0v) is 11.1. The van der Waals surface area contributed by atoms with E-state index in [-0.39, 0.29) is 24.6 Å².